The lowest BCUT2D eigenvalue weighted by atomic mass is 10.1. The number of unbranched alkanes of at least 4 members (excludes halogenated alkanes) is 2. The number of hydrogen-bond donors (Lipinski definition) is 0. The number of pyridine rings is 1. The molecule has 5 nitrogen and oxygen atoms in total. The highest BCUT2D eigenvalue weighted by molar-refractivity contribution is 5.83. The summed E-state index contributed by atoms with van der Waals surface area (Å²) in [5.41, 5.74) is 4.13. The van der Waals surface area contributed by atoms with Crippen LogP contribution in [0.25, 0.3) is 22.2 Å². The van der Waals surface area contributed by atoms with Crippen LogP contribution in [0.3, 0.4) is 0 Å². The Kier molecular flexibility index (Phi) is 9.98. The predicted molar refractivity (Wildman–Crippen MR) is 137 cm³/mol. The molecule has 0 saturated carbocycles. The Bertz CT molecular complexity index is 961. The van der Waals surface area contributed by atoms with Gasteiger partial charge in [-0.25, -0.2) is 4.98 Å². The first kappa shape index (κ1) is 25.0. The van der Waals surface area contributed by atoms with Crippen molar-refractivity contribution in [2.24, 2.45) is 0 Å². The molecular formula is C28H38N2O3. The topological polar surface area (TPSA) is 43.8 Å². The van der Waals surface area contributed by atoms with Gasteiger partial charge in [0.25, 0.3) is 0 Å². The van der Waals surface area contributed by atoms with E-state index in [1.807, 2.05) is 26.2 Å². The zero-order valence-electron chi connectivity index (χ0n) is 20.5. The molecule has 0 aliphatic heterocycles. The molecule has 1 aromatic heterocycles. The van der Waals surface area contributed by atoms with Crippen LogP contribution >= 0.6 is 0 Å². The SMILES string of the molecule is CCCCOCC(COCCCC)Oc1ccc2ccc(-c3ccc(N(C)C)cc3)nc2c1. The van der Waals surface area contributed by atoms with Gasteiger partial charge in [-0.2, -0.15) is 0 Å². The van der Waals surface area contributed by atoms with E-state index in [0.29, 0.717) is 13.2 Å². The van der Waals surface area contributed by atoms with Crippen molar-refractivity contribution >= 4 is 16.6 Å². The number of fused-ring (bicyclic) bond motifs is 1. The fourth-order valence-corrected chi connectivity index (χ4v) is 3.49. The molecule has 0 aliphatic carbocycles. The van der Waals surface area contributed by atoms with Gasteiger partial charge in [-0.1, -0.05) is 44.9 Å². The maximum absolute atomic E-state index is 6.28. The molecule has 0 aliphatic rings. The Balaban J connectivity index is 1.73. The number of aromatic nitrogens is 1. The predicted octanol–water partition coefficient (Wildman–Crippen LogP) is 6.35. The summed E-state index contributed by atoms with van der Waals surface area (Å²) in [5, 5.41) is 1.09. The van der Waals surface area contributed by atoms with E-state index >= 15 is 0 Å². The molecule has 0 N–H and O–H groups in total. The summed E-state index contributed by atoms with van der Waals surface area (Å²) in [6.07, 6.45) is 4.21. The quantitative estimate of drug-likeness (QED) is 0.268. The Morgan fingerprint density at radius 3 is 2.06 bits per heavy atom. The number of anilines is 1. The van der Waals surface area contributed by atoms with E-state index in [-0.39, 0.29) is 6.10 Å². The van der Waals surface area contributed by atoms with Crippen LogP contribution in [0.15, 0.2) is 54.6 Å². The molecule has 33 heavy (non-hydrogen) atoms. The molecule has 5 heteroatoms. The second-order valence-corrected chi connectivity index (χ2v) is 8.59. The Morgan fingerprint density at radius 2 is 1.45 bits per heavy atom. The summed E-state index contributed by atoms with van der Waals surface area (Å²) in [5.74, 6) is 0.790. The Morgan fingerprint density at radius 1 is 0.818 bits per heavy atom. The zero-order valence-corrected chi connectivity index (χ0v) is 20.5. The van der Waals surface area contributed by atoms with Gasteiger partial charge in [-0.3, -0.25) is 0 Å². The van der Waals surface area contributed by atoms with Crippen molar-refractivity contribution in [3.05, 3.63) is 54.6 Å². The van der Waals surface area contributed by atoms with Gasteiger partial charge in [0.1, 0.15) is 11.9 Å². The van der Waals surface area contributed by atoms with Crippen molar-refractivity contribution in [1.29, 1.82) is 0 Å². The van der Waals surface area contributed by atoms with Crippen molar-refractivity contribution in [2.75, 3.05) is 45.4 Å². The van der Waals surface area contributed by atoms with E-state index in [4.69, 9.17) is 19.2 Å². The van der Waals surface area contributed by atoms with Gasteiger partial charge in [-0.05, 0) is 43.2 Å². The average Bonchev–Trinajstić information content (AvgIpc) is 2.84. The molecule has 0 fully saturated rings. The number of ether oxygens (including phenoxy) is 3. The van der Waals surface area contributed by atoms with Gasteiger partial charge >= 0.3 is 0 Å². The molecule has 2 aromatic carbocycles. The third-order valence-corrected chi connectivity index (χ3v) is 5.54. The first-order chi connectivity index (χ1) is 16.1. The first-order valence-electron chi connectivity index (χ1n) is 12.1. The van der Waals surface area contributed by atoms with Gasteiger partial charge in [0.2, 0.25) is 0 Å². The molecule has 0 spiro atoms. The fourth-order valence-electron chi connectivity index (χ4n) is 3.49. The van der Waals surface area contributed by atoms with Gasteiger partial charge in [0.15, 0.2) is 0 Å². The molecule has 3 aromatic rings. The van der Waals surface area contributed by atoms with Gasteiger partial charge in [0.05, 0.1) is 24.4 Å². The molecular weight excluding hydrogens is 412 g/mol. The summed E-state index contributed by atoms with van der Waals surface area (Å²) >= 11 is 0. The largest absolute Gasteiger partial charge is 0.486 e. The van der Waals surface area contributed by atoms with E-state index in [1.165, 1.54) is 5.69 Å². The summed E-state index contributed by atoms with van der Waals surface area (Å²) in [6.45, 7) is 6.88. The van der Waals surface area contributed by atoms with Crippen LogP contribution in [0.1, 0.15) is 39.5 Å². The molecule has 0 unspecified atom stereocenters. The Hall–Kier alpha value is -2.63. The van der Waals surface area contributed by atoms with E-state index in [1.54, 1.807) is 0 Å². The first-order valence-corrected chi connectivity index (χ1v) is 12.1. The van der Waals surface area contributed by atoms with Gasteiger partial charge < -0.3 is 19.1 Å². The van der Waals surface area contributed by atoms with Crippen LogP contribution in [-0.4, -0.2) is 51.6 Å². The normalized spacial score (nSPS) is 11.3. The second kappa shape index (κ2) is 13.2. The van der Waals surface area contributed by atoms with Crippen molar-refractivity contribution < 1.29 is 14.2 Å². The molecule has 0 amide bonds. The number of nitrogens with zero attached hydrogens (tertiary/aromatic N) is 2. The van der Waals surface area contributed by atoms with Crippen LogP contribution in [-0.2, 0) is 9.47 Å². The van der Waals surface area contributed by atoms with Crippen LogP contribution in [0.5, 0.6) is 5.75 Å². The minimum atomic E-state index is -0.141. The minimum Gasteiger partial charge on any atom is -0.486 e. The number of rotatable bonds is 14. The highest BCUT2D eigenvalue weighted by atomic mass is 16.6. The highest BCUT2D eigenvalue weighted by Gasteiger charge is 2.13. The number of benzene rings is 2. The standard InChI is InChI=1S/C28H38N2O3/c1-5-7-17-31-20-26(21-32-18-8-6-2)33-25-15-11-23-12-16-27(29-28(23)19-25)22-9-13-24(14-10-22)30(3)4/h9-16,19,26H,5-8,17-18,20-21H2,1-4H3. The fraction of sp³-hybridized carbons (Fsp3) is 0.464. The van der Waals surface area contributed by atoms with Crippen molar-refractivity contribution in [3.63, 3.8) is 0 Å². The third kappa shape index (κ3) is 7.72. The van der Waals surface area contributed by atoms with Crippen molar-refractivity contribution in [2.45, 2.75) is 45.6 Å². The summed E-state index contributed by atoms with van der Waals surface area (Å²) in [6, 6.07) is 18.7. The summed E-state index contributed by atoms with van der Waals surface area (Å²) in [7, 11) is 4.09. The summed E-state index contributed by atoms with van der Waals surface area (Å²) < 4.78 is 17.9. The molecule has 3 rings (SSSR count). The lowest BCUT2D eigenvalue weighted by molar-refractivity contribution is -0.00731. The molecule has 0 atom stereocenters. The summed E-state index contributed by atoms with van der Waals surface area (Å²) in [4.78, 5) is 7.00. The molecule has 0 radical (unpaired) electrons. The minimum absolute atomic E-state index is 0.141. The molecule has 178 valence electrons. The van der Waals surface area contributed by atoms with E-state index in [9.17, 15) is 0 Å². The van der Waals surface area contributed by atoms with Crippen LogP contribution in [0.4, 0.5) is 5.69 Å². The van der Waals surface area contributed by atoms with E-state index in [2.05, 4.69) is 61.2 Å². The van der Waals surface area contributed by atoms with Crippen molar-refractivity contribution in [1.82, 2.24) is 4.98 Å². The maximum atomic E-state index is 6.28. The van der Waals surface area contributed by atoms with E-state index in [0.717, 1.165) is 66.8 Å². The van der Waals surface area contributed by atoms with Gasteiger partial charge in [-0.15, -0.1) is 0 Å². The van der Waals surface area contributed by atoms with Crippen LogP contribution < -0.4 is 9.64 Å². The number of hydrogen-bond acceptors (Lipinski definition) is 5. The zero-order chi connectivity index (χ0) is 23.5. The lowest BCUT2D eigenvalue weighted by Crippen LogP contribution is -2.29. The molecule has 0 bridgehead atoms. The monoisotopic (exact) mass is 450 g/mol. The van der Waals surface area contributed by atoms with E-state index < -0.39 is 0 Å². The molecule has 0 saturated heterocycles. The smallest absolute Gasteiger partial charge is 0.145 e. The van der Waals surface area contributed by atoms with Crippen LogP contribution in [0.2, 0.25) is 0 Å². The molecule has 1 heterocycles. The van der Waals surface area contributed by atoms with Crippen molar-refractivity contribution in [3.8, 4) is 17.0 Å². The lowest BCUT2D eigenvalue weighted by Gasteiger charge is -2.20. The Labute approximate surface area is 198 Å². The highest BCUT2D eigenvalue weighted by Crippen LogP contribution is 2.26. The third-order valence-electron chi connectivity index (χ3n) is 5.54. The van der Waals surface area contributed by atoms with Gasteiger partial charge in [0, 0.05) is 50.0 Å². The average molecular weight is 451 g/mol. The second-order valence-electron chi connectivity index (χ2n) is 8.59. The van der Waals surface area contributed by atoms with Crippen LogP contribution in [0, 0.1) is 0 Å². The maximum Gasteiger partial charge on any atom is 0.145 e.